The third-order valence-corrected chi connectivity index (χ3v) is 3.41. The van der Waals surface area contributed by atoms with Crippen LogP contribution in [-0.4, -0.2) is 6.03 Å². The minimum Gasteiger partial charge on any atom is -0.457 e. The zero-order valence-corrected chi connectivity index (χ0v) is 13.5. The number of rotatable bonds is 4. The number of halogens is 1. The number of carbonyl (C=O) groups excluding carboxylic acids is 1. The molecular weight excluding hydrogens is 324 g/mol. The van der Waals surface area contributed by atoms with Gasteiger partial charge in [-0.15, -0.1) is 0 Å². The first kappa shape index (κ1) is 15.9. The lowest BCUT2D eigenvalue weighted by Crippen LogP contribution is -2.19. The lowest BCUT2D eigenvalue weighted by molar-refractivity contribution is 0.262. The lowest BCUT2D eigenvalue weighted by atomic mass is 10.3. The van der Waals surface area contributed by atoms with Crippen LogP contribution in [0, 0.1) is 0 Å². The highest BCUT2D eigenvalue weighted by molar-refractivity contribution is 6.30. The van der Waals surface area contributed by atoms with Gasteiger partial charge in [0.25, 0.3) is 0 Å². The summed E-state index contributed by atoms with van der Waals surface area (Å²) < 4.78 is 5.70. The fourth-order valence-electron chi connectivity index (χ4n) is 2.09. The molecule has 0 bridgehead atoms. The number of nitrogens with one attached hydrogen (secondary N) is 2. The van der Waals surface area contributed by atoms with Crippen molar-refractivity contribution in [2.45, 2.75) is 0 Å². The van der Waals surface area contributed by atoms with Crippen LogP contribution in [0.1, 0.15) is 0 Å². The van der Waals surface area contributed by atoms with E-state index >= 15 is 0 Å². The van der Waals surface area contributed by atoms with E-state index < -0.39 is 0 Å². The molecule has 0 saturated carbocycles. The van der Waals surface area contributed by atoms with Gasteiger partial charge in [0.2, 0.25) is 0 Å². The highest BCUT2D eigenvalue weighted by atomic mass is 35.5. The van der Waals surface area contributed by atoms with E-state index in [9.17, 15) is 4.79 Å². The molecule has 120 valence electrons. The quantitative estimate of drug-likeness (QED) is 0.633. The van der Waals surface area contributed by atoms with E-state index in [0.29, 0.717) is 22.1 Å². The SMILES string of the molecule is O=C(Nc1ccc(Oc2ccccc2)cc1)Nc1cccc(Cl)c1. The molecule has 0 heterocycles. The van der Waals surface area contributed by atoms with Crippen molar-refractivity contribution in [2.75, 3.05) is 10.6 Å². The molecule has 0 radical (unpaired) electrons. The second kappa shape index (κ2) is 7.53. The smallest absolute Gasteiger partial charge is 0.323 e. The Bertz CT molecular complexity index is 820. The average molecular weight is 339 g/mol. The first-order chi connectivity index (χ1) is 11.7. The molecule has 2 amide bonds. The van der Waals surface area contributed by atoms with Crippen LogP contribution in [-0.2, 0) is 0 Å². The number of para-hydroxylation sites is 1. The second-order valence-corrected chi connectivity index (χ2v) is 5.47. The Morgan fingerprint density at radius 3 is 2.12 bits per heavy atom. The Balaban J connectivity index is 1.58. The van der Waals surface area contributed by atoms with Crippen molar-refractivity contribution in [3.63, 3.8) is 0 Å². The Kier molecular flexibility index (Phi) is 4.99. The summed E-state index contributed by atoms with van der Waals surface area (Å²) in [6.45, 7) is 0. The van der Waals surface area contributed by atoms with Crippen molar-refractivity contribution < 1.29 is 9.53 Å². The fourth-order valence-corrected chi connectivity index (χ4v) is 2.28. The summed E-state index contributed by atoms with van der Waals surface area (Å²) in [7, 11) is 0. The van der Waals surface area contributed by atoms with E-state index in [1.165, 1.54) is 0 Å². The van der Waals surface area contributed by atoms with E-state index in [0.717, 1.165) is 5.75 Å². The number of carbonyl (C=O) groups is 1. The normalized spacial score (nSPS) is 10.0. The molecular formula is C19H15ClN2O2. The van der Waals surface area contributed by atoms with Crippen LogP contribution in [0.5, 0.6) is 11.5 Å². The molecule has 0 saturated heterocycles. The van der Waals surface area contributed by atoms with Crippen LogP contribution in [0.2, 0.25) is 5.02 Å². The van der Waals surface area contributed by atoms with Crippen LogP contribution in [0.4, 0.5) is 16.2 Å². The highest BCUT2D eigenvalue weighted by Crippen LogP contribution is 2.22. The number of urea groups is 1. The van der Waals surface area contributed by atoms with Crippen molar-refractivity contribution >= 4 is 29.0 Å². The van der Waals surface area contributed by atoms with Gasteiger partial charge in [-0.2, -0.15) is 0 Å². The summed E-state index contributed by atoms with van der Waals surface area (Å²) in [5.41, 5.74) is 1.29. The molecule has 0 aliphatic carbocycles. The van der Waals surface area contributed by atoms with Gasteiger partial charge in [-0.1, -0.05) is 35.9 Å². The molecule has 3 aromatic carbocycles. The Morgan fingerprint density at radius 2 is 1.42 bits per heavy atom. The van der Waals surface area contributed by atoms with Crippen molar-refractivity contribution in [2.24, 2.45) is 0 Å². The van der Waals surface area contributed by atoms with Gasteiger partial charge < -0.3 is 15.4 Å². The zero-order chi connectivity index (χ0) is 16.8. The zero-order valence-electron chi connectivity index (χ0n) is 12.7. The van der Waals surface area contributed by atoms with Gasteiger partial charge in [0.05, 0.1) is 0 Å². The first-order valence-corrected chi connectivity index (χ1v) is 7.73. The van der Waals surface area contributed by atoms with Gasteiger partial charge in [-0.05, 0) is 54.6 Å². The largest absolute Gasteiger partial charge is 0.457 e. The summed E-state index contributed by atoms with van der Waals surface area (Å²) in [5, 5.41) is 6.04. The molecule has 0 atom stereocenters. The molecule has 0 fully saturated rings. The van der Waals surface area contributed by atoms with Crippen molar-refractivity contribution in [1.82, 2.24) is 0 Å². The summed E-state index contributed by atoms with van der Waals surface area (Å²) in [5.74, 6) is 1.46. The maximum atomic E-state index is 12.0. The predicted octanol–water partition coefficient (Wildman–Crippen LogP) is 5.78. The van der Waals surface area contributed by atoms with Gasteiger partial charge >= 0.3 is 6.03 Å². The molecule has 4 nitrogen and oxygen atoms in total. The van der Waals surface area contributed by atoms with E-state index in [4.69, 9.17) is 16.3 Å². The van der Waals surface area contributed by atoms with Crippen LogP contribution in [0.3, 0.4) is 0 Å². The minimum atomic E-state index is -0.339. The van der Waals surface area contributed by atoms with Crippen LogP contribution < -0.4 is 15.4 Å². The summed E-state index contributed by atoms with van der Waals surface area (Å²) >= 11 is 5.89. The topological polar surface area (TPSA) is 50.4 Å². The molecule has 2 N–H and O–H groups in total. The van der Waals surface area contributed by atoms with E-state index in [2.05, 4.69) is 10.6 Å². The minimum absolute atomic E-state index is 0.339. The number of amides is 2. The molecule has 0 unspecified atom stereocenters. The number of anilines is 2. The molecule has 24 heavy (non-hydrogen) atoms. The maximum absolute atomic E-state index is 12.0. The lowest BCUT2D eigenvalue weighted by Gasteiger charge is -2.09. The number of benzene rings is 3. The number of ether oxygens (including phenoxy) is 1. The number of hydrogen-bond donors (Lipinski definition) is 2. The summed E-state index contributed by atoms with van der Waals surface area (Å²) in [6, 6.07) is 23.3. The molecule has 0 aliphatic rings. The van der Waals surface area contributed by atoms with Gasteiger partial charge in [-0.25, -0.2) is 4.79 Å². The van der Waals surface area contributed by atoms with Crippen LogP contribution in [0.25, 0.3) is 0 Å². The van der Waals surface area contributed by atoms with E-state index in [-0.39, 0.29) is 6.03 Å². The van der Waals surface area contributed by atoms with Crippen molar-refractivity contribution in [1.29, 1.82) is 0 Å². The Labute approximate surface area is 145 Å². The maximum Gasteiger partial charge on any atom is 0.323 e. The van der Waals surface area contributed by atoms with Gasteiger partial charge in [-0.3, -0.25) is 0 Å². The summed E-state index contributed by atoms with van der Waals surface area (Å²) in [4.78, 5) is 12.0. The third kappa shape index (κ3) is 4.51. The monoisotopic (exact) mass is 338 g/mol. The standard InChI is InChI=1S/C19H15ClN2O2/c20-14-5-4-6-16(13-14)22-19(23)21-15-9-11-18(12-10-15)24-17-7-2-1-3-8-17/h1-13H,(H2,21,22,23). The molecule has 0 spiro atoms. The third-order valence-electron chi connectivity index (χ3n) is 3.17. The first-order valence-electron chi connectivity index (χ1n) is 7.35. The van der Waals surface area contributed by atoms with Gasteiger partial charge in [0.1, 0.15) is 11.5 Å². The molecule has 5 heteroatoms. The Hall–Kier alpha value is -2.98. The second-order valence-electron chi connectivity index (χ2n) is 5.03. The summed E-state index contributed by atoms with van der Waals surface area (Å²) in [6.07, 6.45) is 0. The molecule has 3 rings (SSSR count). The Morgan fingerprint density at radius 1 is 0.750 bits per heavy atom. The van der Waals surface area contributed by atoms with Crippen LogP contribution >= 0.6 is 11.6 Å². The van der Waals surface area contributed by atoms with Crippen LogP contribution in [0.15, 0.2) is 78.9 Å². The fraction of sp³-hybridized carbons (Fsp3) is 0. The van der Waals surface area contributed by atoms with Gasteiger partial charge in [0.15, 0.2) is 0 Å². The van der Waals surface area contributed by atoms with E-state index in [1.807, 2.05) is 30.3 Å². The average Bonchev–Trinajstić information content (AvgIpc) is 2.57. The van der Waals surface area contributed by atoms with Crippen molar-refractivity contribution in [3.8, 4) is 11.5 Å². The van der Waals surface area contributed by atoms with Crippen molar-refractivity contribution in [3.05, 3.63) is 83.9 Å². The molecule has 3 aromatic rings. The number of hydrogen-bond acceptors (Lipinski definition) is 2. The highest BCUT2D eigenvalue weighted by Gasteiger charge is 2.04. The van der Waals surface area contributed by atoms with E-state index in [1.54, 1.807) is 48.5 Å². The predicted molar refractivity (Wildman–Crippen MR) is 97.1 cm³/mol. The molecule has 0 aliphatic heterocycles. The molecule has 0 aromatic heterocycles. The van der Waals surface area contributed by atoms with Gasteiger partial charge in [0, 0.05) is 16.4 Å².